The minimum absolute atomic E-state index is 0.477. The van der Waals surface area contributed by atoms with Crippen LogP contribution in [0.5, 0.6) is 11.5 Å². The molecule has 2 aromatic rings. The van der Waals surface area contributed by atoms with Crippen LogP contribution in [0, 0.1) is 0 Å². The van der Waals surface area contributed by atoms with E-state index in [2.05, 4.69) is 5.16 Å². The summed E-state index contributed by atoms with van der Waals surface area (Å²) in [6.45, 7) is 0.477. The third-order valence-corrected chi connectivity index (χ3v) is 2.63. The van der Waals surface area contributed by atoms with E-state index in [1.165, 1.54) is 6.21 Å². The largest absolute Gasteiger partial charge is 0.493 e. The van der Waals surface area contributed by atoms with Gasteiger partial charge in [0, 0.05) is 5.56 Å². The van der Waals surface area contributed by atoms with Crippen molar-refractivity contribution in [2.24, 2.45) is 5.16 Å². The molecule has 2 aromatic carbocycles. The minimum atomic E-state index is 0.477. The highest BCUT2D eigenvalue weighted by Crippen LogP contribution is 2.28. The van der Waals surface area contributed by atoms with Crippen LogP contribution in [-0.2, 0) is 6.61 Å². The summed E-state index contributed by atoms with van der Waals surface area (Å²) in [5, 5.41) is 11.5. The van der Waals surface area contributed by atoms with Crippen LogP contribution in [0.3, 0.4) is 0 Å². The number of nitrogens with zero attached hydrogens (tertiary/aromatic N) is 1. The number of hydrogen-bond donors (Lipinski definition) is 1. The molecular weight excluding hydrogens is 242 g/mol. The van der Waals surface area contributed by atoms with Gasteiger partial charge in [-0.05, 0) is 23.8 Å². The number of ether oxygens (including phenoxy) is 2. The lowest BCUT2D eigenvalue weighted by atomic mass is 10.2. The van der Waals surface area contributed by atoms with Crippen LogP contribution in [0.1, 0.15) is 11.1 Å². The van der Waals surface area contributed by atoms with Crippen molar-refractivity contribution >= 4 is 6.21 Å². The second-order valence-corrected chi connectivity index (χ2v) is 3.93. The molecule has 0 radical (unpaired) electrons. The third-order valence-electron chi connectivity index (χ3n) is 2.63. The Labute approximate surface area is 111 Å². The van der Waals surface area contributed by atoms with Gasteiger partial charge in [0.15, 0.2) is 11.5 Å². The van der Waals surface area contributed by atoms with E-state index in [-0.39, 0.29) is 0 Å². The molecule has 4 heteroatoms. The summed E-state index contributed by atoms with van der Waals surface area (Å²) >= 11 is 0. The number of benzene rings is 2. The van der Waals surface area contributed by atoms with Crippen molar-refractivity contribution in [3.05, 3.63) is 59.7 Å². The standard InChI is InChI=1S/C15H15NO3/c1-18-15-9-13(10-16-17)7-8-14(15)19-11-12-5-3-2-4-6-12/h2-10,17H,11H2,1H3. The van der Waals surface area contributed by atoms with Gasteiger partial charge in [0.25, 0.3) is 0 Å². The van der Waals surface area contributed by atoms with E-state index in [0.29, 0.717) is 18.1 Å². The molecule has 0 aromatic heterocycles. The summed E-state index contributed by atoms with van der Waals surface area (Å²) in [5.74, 6) is 1.26. The fourth-order valence-corrected chi connectivity index (χ4v) is 1.69. The molecule has 0 spiro atoms. The Balaban J connectivity index is 2.11. The summed E-state index contributed by atoms with van der Waals surface area (Å²) in [7, 11) is 1.57. The van der Waals surface area contributed by atoms with E-state index in [4.69, 9.17) is 14.7 Å². The molecule has 0 saturated heterocycles. The molecule has 98 valence electrons. The number of rotatable bonds is 5. The van der Waals surface area contributed by atoms with Gasteiger partial charge >= 0.3 is 0 Å². The first-order valence-electron chi connectivity index (χ1n) is 5.85. The Kier molecular flexibility index (Phi) is 4.39. The van der Waals surface area contributed by atoms with Gasteiger partial charge in [-0.3, -0.25) is 0 Å². The molecule has 0 aliphatic carbocycles. The average molecular weight is 257 g/mol. The monoisotopic (exact) mass is 257 g/mol. The quantitative estimate of drug-likeness (QED) is 0.508. The zero-order chi connectivity index (χ0) is 13.5. The topological polar surface area (TPSA) is 51.0 Å². The van der Waals surface area contributed by atoms with E-state index < -0.39 is 0 Å². The summed E-state index contributed by atoms with van der Waals surface area (Å²) in [5.41, 5.74) is 1.83. The zero-order valence-corrected chi connectivity index (χ0v) is 10.6. The smallest absolute Gasteiger partial charge is 0.161 e. The van der Waals surface area contributed by atoms with Crippen molar-refractivity contribution in [2.45, 2.75) is 6.61 Å². The van der Waals surface area contributed by atoms with Crippen molar-refractivity contribution in [1.82, 2.24) is 0 Å². The van der Waals surface area contributed by atoms with Crippen LogP contribution < -0.4 is 9.47 Å². The maximum absolute atomic E-state index is 8.50. The zero-order valence-electron chi connectivity index (χ0n) is 10.6. The van der Waals surface area contributed by atoms with Crippen LogP contribution in [0.2, 0.25) is 0 Å². The van der Waals surface area contributed by atoms with Crippen LogP contribution >= 0.6 is 0 Å². The summed E-state index contributed by atoms with van der Waals surface area (Å²) in [6.07, 6.45) is 1.34. The molecular formula is C15H15NO3. The maximum Gasteiger partial charge on any atom is 0.161 e. The average Bonchev–Trinajstić information content (AvgIpc) is 2.47. The van der Waals surface area contributed by atoms with E-state index in [0.717, 1.165) is 11.1 Å². The first kappa shape index (κ1) is 13.0. The number of hydrogen-bond acceptors (Lipinski definition) is 4. The molecule has 0 amide bonds. The Morgan fingerprint density at radius 1 is 1.11 bits per heavy atom. The summed E-state index contributed by atoms with van der Waals surface area (Å²) in [6, 6.07) is 15.2. The molecule has 1 N–H and O–H groups in total. The van der Waals surface area contributed by atoms with Crippen LogP contribution in [0.15, 0.2) is 53.7 Å². The predicted octanol–water partition coefficient (Wildman–Crippen LogP) is 3.08. The highest BCUT2D eigenvalue weighted by molar-refractivity contribution is 5.80. The minimum Gasteiger partial charge on any atom is -0.493 e. The Morgan fingerprint density at radius 3 is 2.58 bits per heavy atom. The van der Waals surface area contributed by atoms with E-state index in [9.17, 15) is 0 Å². The second kappa shape index (κ2) is 6.44. The van der Waals surface area contributed by atoms with Crippen molar-refractivity contribution in [3.8, 4) is 11.5 Å². The molecule has 0 atom stereocenters. The molecule has 0 bridgehead atoms. The molecule has 0 fully saturated rings. The van der Waals surface area contributed by atoms with E-state index in [1.807, 2.05) is 30.3 Å². The molecule has 19 heavy (non-hydrogen) atoms. The lowest BCUT2D eigenvalue weighted by molar-refractivity contribution is 0.284. The van der Waals surface area contributed by atoms with Crippen molar-refractivity contribution < 1.29 is 14.7 Å². The highest BCUT2D eigenvalue weighted by atomic mass is 16.5. The van der Waals surface area contributed by atoms with Crippen molar-refractivity contribution in [3.63, 3.8) is 0 Å². The summed E-state index contributed by atoms with van der Waals surface area (Å²) < 4.78 is 11.0. The SMILES string of the molecule is COc1cc(C=NO)ccc1OCc1ccccc1. The second-order valence-electron chi connectivity index (χ2n) is 3.93. The normalized spacial score (nSPS) is 10.6. The highest BCUT2D eigenvalue weighted by Gasteiger charge is 2.05. The summed E-state index contributed by atoms with van der Waals surface area (Å²) in [4.78, 5) is 0. The van der Waals surface area contributed by atoms with Crippen LogP contribution in [-0.4, -0.2) is 18.5 Å². The first-order chi connectivity index (χ1) is 9.33. The number of methoxy groups -OCH3 is 1. The number of oxime groups is 1. The van der Waals surface area contributed by atoms with Crippen molar-refractivity contribution in [1.29, 1.82) is 0 Å². The fourth-order valence-electron chi connectivity index (χ4n) is 1.69. The molecule has 0 heterocycles. The lowest BCUT2D eigenvalue weighted by Gasteiger charge is -2.11. The van der Waals surface area contributed by atoms with Gasteiger partial charge in [0.2, 0.25) is 0 Å². The van der Waals surface area contributed by atoms with E-state index >= 15 is 0 Å². The molecule has 4 nitrogen and oxygen atoms in total. The van der Waals surface area contributed by atoms with Gasteiger partial charge in [0.1, 0.15) is 6.61 Å². The van der Waals surface area contributed by atoms with Gasteiger partial charge in [-0.15, -0.1) is 0 Å². The maximum atomic E-state index is 8.50. The van der Waals surface area contributed by atoms with Crippen LogP contribution in [0.25, 0.3) is 0 Å². The molecule has 0 aliphatic heterocycles. The van der Waals surface area contributed by atoms with E-state index in [1.54, 1.807) is 25.3 Å². The first-order valence-corrected chi connectivity index (χ1v) is 5.85. The van der Waals surface area contributed by atoms with Gasteiger partial charge in [0.05, 0.1) is 13.3 Å². The molecule has 0 aliphatic rings. The van der Waals surface area contributed by atoms with Gasteiger partial charge in [-0.1, -0.05) is 35.5 Å². The molecule has 2 rings (SSSR count). The van der Waals surface area contributed by atoms with Gasteiger partial charge in [-0.2, -0.15) is 0 Å². The molecule has 0 unspecified atom stereocenters. The third kappa shape index (κ3) is 3.48. The van der Waals surface area contributed by atoms with Crippen LogP contribution in [0.4, 0.5) is 0 Å². The Hall–Kier alpha value is -2.49. The Bertz CT molecular complexity index is 553. The Morgan fingerprint density at radius 2 is 1.89 bits per heavy atom. The molecule has 0 saturated carbocycles. The lowest BCUT2D eigenvalue weighted by Crippen LogP contribution is -1.98. The predicted molar refractivity (Wildman–Crippen MR) is 73.1 cm³/mol. The fraction of sp³-hybridized carbons (Fsp3) is 0.133. The van der Waals surface area contributed by atoms with Crippen molar-refractivity contribution in [2.75, 3.05) is 7.11 Å². The van der Waals surface area contributed by atoms with Gasteiger partial charge in [-0.25, -0.2) is 0 Å². The van der Waals surface area contributed by atoms with Gasteiger partial charge < -0.3 is 14.7 Å².